The Kier molecular flexibility index (Phi) is 3.44. The van der Waals surface area contributed by atoms with Gasteiger partial charge in [-0.1, -0.05) is 24.3 Å². The minimum absolute atomic E-state index is 0.0154. The van der Waals surface area contributed by atoms with Gasteiger partial charge in [-0.15, -0.1) is 0 Å². The van der Waals surface area contributed by atoms with Gasteiger partial charge in [0.1, 0.15) is 0 Å². The van der Waals surface area contributed by atoms with Crippen molar-refractivity contribution in [2.45, 2.75) is 12.5 Å². The first-order valence-corrected chi connectivity index (χ1v) is 6.98. The normalized spacial score (nSPS) is 22.6. The Morgan fingerprint density at radius 3 is 2.90 bits per heavy atom. The third-order valence-electron chi connectivity index (χ3n) is 4.16. The molecule has 0 aromatic heterocycles. The quantitative estimate of drug-likeness (QED) is 0.794. The molecule has 1 N–H and O–H groups in total. The van der Waals surface area contributed by atoms with Crippen LogP contribution in [0.3, 0.4) is 0 Å². The average molecular weight is 273 g/mol. The molecule has 20 heavy (non-hydrogen) atoms. The zero-order valence-corrected chi connectivity index (χ0v) is 11.6. The van der Waals surface area contributed by atoms with Crippen LogP contribution in [-0.2, 0) is 16.1 Å². The molecule has 0 bridgehead atoms. The standard InChI is InChI=1S/C15H19N3O2/c1-17-6-7-18(10-14(17)19)15(20)13-9-16-8-11-4-2-3-5-12(11)13/h2-5,13,16H,6-10H2,1H3. The molecule has 1 fully saturated rings. The first-order chi connectivity index (χ1) is 9.66. The van der Waals surface area contributed by atoms with Gasteiger partial charge in [-0.3, -0.25) is 9.59 Å². The predicted molar refractivity (Wildman–Crippen MR) is 75.1 cm³/mol. The Bertz CT molecular complexity index is 544. The highest BCUT2D eigenvalue weighted by Gasteiger charge is 2.32. The maximum atomic E-state index is 12.7. The third-order valence-corrected chi connectivity index (χ3v) is 4.16. The number of piperazine rings is 1. The van der Waals surface area contributed by atoms with Crippen LogP contribution >= 0.6 is 0 Å². The number of hydrogen-bond acceptors (Lipinski definition) is 3. The van der Waals surface area contributed by atoms with E-state index in [1.807, 2.05) is 18.2 Å². The van der Waals surface area contributed by atoms with Gasteiger partial charge >= 0.3 is 0 Å². The first kappa shape index (κ1) is 13.1. The number of likely N-dealkylation sites (N-methyl/N-ethyl adjacent to an activating group) is 1. The van der Waals surface area contributed by atoms with Gasteiger partial charge < -0.3 is 15.1 Å². The minimum Gasteiger partial charge on any atom is -0.342 e. The molecule has 2 amide bonds. The second-order valence-electron chi connectivity index (χ2n) is 5.46. The molecule has 1 aromatic carbocycles. The summed E-state index contributed by atoms with van der Waals surface area (Å²) >= 11 is 0. The summed E-state index contributed by atoms with van der Waals surface area (Å²) in [4.78, 5) is 27.8. The van der Waals surface area contributed by atoms with E-state index in [0.29, 0.717) is 19.6 Å². The number of nitrogens with zero attached hydrogens (tertiary/aromatic N) is 2. The Hall–Kier alpha value is -1.88. The highest BCUT2D eigenvalue weighted by atomic mass is 16.2. The van der Waals surface area contributed by atoms with Crippen molar-refractivity contribution in [1.82, 2.24) is 15.1 Å². The molecule has 3 rings (SSSR count). The summed E-state index contributed by atoms with van der Waals surface area (Å²) < 4.78 is 0. The van der Waals surface area contributed by atoms with Crippen molar-refractivity contribution in [2.24, 2.45) is 0 Å². The summed E-state index contributed by atoms with van der Waals surface area (Å²) in [6, 6.07) is 8.04. The van der Waals surface area contributed by atoms with Crippen molar-refractivity contribution in [2.75, 3.05) is 33.2 Å². The molecule has 0 aliphatic carbocycles. The summed E-state index contributed by atoms with van der Waals surface area (Å²) in [7, 11) is 1.78. The van der Waals surface area contributed by atoms with E-state index < -0.39 is 0 Å². The van der Waals surface area contributed by atoms with Crippen molar-refractivity contribution in [1.29, 1.82) is 0 Å². The number of nitrogens with one attached hydrogen (secondary N) is 1. The van der Waals surface area contributed by atoms with Crippen LogP contribution in [0.1, 0.15) is 17.0 Å². The van der Waals surface area contributed by atoms with Crippen LogP contribution < -0.4 is 5.32 Å². The SMILES string of the molecule is CN1CCN(C(=O)C2CNCc3ccccc32)CC1=O. The van der Waals surface area contributed by atoms with E-state index in [2.05, 4.69) is 11.4 Å². The lowest BCUT2D eigenvalue weighted by molar-refractivity contribution is -0.145. The molecule has 1 unspecified atom stereocenters. The summed E-state index contributed by atoms with van der Waals surface area (Å²) in [5.74, 6) is -0.0936. The molecule has 2 aliphatic rings. The van der Waals surface area contributed by atoms with Gasteiger partial charge in [-0.25, -0.2) is 0 Å². The van der Waals surface area contributed by atoms with E-state index >= 15 is 0 Å². The fourth-order valence-electron chi connectivity index (χ4n) is 2.88. The number of amides is 2. The van der Waals surface area contributed by atoms with Crippen LogP contribution in [0.5, 0.6) is 0 Å². The van der Waals surface area contributed by atoms with Crippen LogP contribution in [0, 0.1) is 0 Å². The monoisotopic (exact) mass is 273 g/mol. The molecule has 2 aliphatic heterocycles. The van der Waals surface area contributed by atoms with Crippen molar-refractivity contribution in [3.05, 3.63) is 35.4 Å². The molecule has 1 aromatic rings. The van der Waals surface area contributed by atoms with Crippen molar-refractivity contribution < 1.29 is 9.59 Å². The highest BCUT2D eigenvalue weighted by molar-refractivity contribution is 5.90. The second kappa shape index (κ2) is 5.25. The van der Waals surface area contributed by atoms with Crippen molar-refractivity contribution >= 4 is 11.8 Å². The molecule has 1 atom stereocenters. The average Bonchev–Trinajstić information content (AvgIpc) is 2.49. The number of hydrogen-bond donors (Lipinski definition) is 1. The van der Waals surface area contributed by atoms with Gasteiger partial charge in [0.2, 0.25) is 11.8 Å². The smallest absolute Gasteiger partial charge is 0.241 e. The van der Waals surface area contributed by atoms with E-state index in [0.717, 1.165) is 12.1 Å². The first-order valence-electron chi connectivity index (χ1n) is 6.98. The highest BCUT2D eigenvalue weighted by Crippen LogP contribution is 2.26. The fraction of sp³-hybridized carbons (Fsp3) is 0.467. The molecule has 0 saturated carbocycles. The van der Waals surface area contributed by atoms with Gasteiger partial charge in [0.15, 0.2) is 0 Å². The molecular formula is C15H19N3O2. The van der Waals surface area contributed by atoms with E-state index in [-0.39, 0.29) is 24.3 Å². The largest absolute Gasteiger partial charge is 0.342 e. The Balaban J connectivity index is 1.80. The van der Waals surface area contributed by atoms with Gasteiger partial charge in [-0.05, 0) is 11.1 Å². The molecule has 2 heterocycles. The number of carbonyl (C=O) groups is 2. The van der Waals surface area contributed by atoms with Gasteiger partial charge in [-0.2, -0.15) is 0 Å². The summed E-state index contributed by atoms with van der Waals surface area (Å²) in [5.41, 5.74) is 2.28. The summed E-state index contributed by atoms with van der Waals surface area (Å²) in [5, 5.41) is 3.29. The molecule has 5 nitrogen and oxygen atoms in total. The second-order valence-corrected chi connectivity index (χ2v) is 5.46. The van der Waals surface area contributed by atoms with Crippen molar-refractivity contribution in [3.63, 3.8) is 0 Å². The van der Waals surface area contributed by atoms with Gasteiger partial charge in [0, 0.05) is 33.2 Å². The topological polar surface area (TPSA) is 52.6 Å². The number of benzene rings is 1. The zero-order chi connectivity index (χ0) is 14.1. The van der Waals surface area contributed by atoms with Crippen LogP contribution in [0.25, 0.3) is 0 Å². The number of carbonyl (C=O) groups excluding carboxylic acids is 2. The molecule has 0 radical (unpaired) electrons. The molecule has 5 heteroatoms. The Morgan fingerprint density at radius 2 is 2.10 bits per heavy atom. The molecule has 106 valence electrons. The molecule has 0 spiro atoms. The zero-order valence-electron chi connectivity index (χ0n) is 11.6. The van der Waals surface area contributed by atoms with Gasteiger partial charge in [0.05, 0.1) is 12.5 Å². The van der Waals surface area contributed by atoms with Crippen LogP contribution in [0.15, 0.2) is 24.3 Å². The third kappa shape index (κ3) is 2.29. The van der Waals surface area contributed by atoms with E-state index in [9.17, 15) is 9.59 Å². The molecular weight excluding hydrogens is 254 g/mol. The van der Waals surface area contributed by atoms with E-state index in [4.69, 9.17) is 0 Å². The van der Waals surface area contributed by atoms with E-state index in [1.54, 1.807) is 16.8 Å². The predicted octanol–water partition coefficient (Wildman–Crippen LogP) is 0.174. The van der Waals surface area contributed by atoms with Crippen LogP contribution in [0.4, 0.5) is 0 Å². The lowest BCUT2D eigenvalue weighted by Gasteiger charge is -2.35. The minimum atomic E-state index is -0.170. The number of fused-ring (bicyclic) bond motifs is 1. The molecule has 1 saturated heterocycles. The lowest BCUT2D eigenvalue weighted by Crippen LogP contribution is -2.53. The van der Waals surface area contributed by atoms with Crippen molar-refractivity contribution in [3.8, 4) is 0 Å². The fourth-order valence-corrected chi connectivity index (χ4v) is 2.88. The summed E-state index contributed by atoms with van der Waals surface area (Å²) in [6.45, 7) is 2.90. The van der Waals surface area contributed by atoms with E-state index in [1.165, 1.54) is 5.56 Å². The maximum absolute atomic E-state index is 12.7. The Labute approximate surface area is 118 Å². The maximum Gasteiger partial charge on any atom is 0.241 e. The number of rotatable bonds is 1. The van der Waals surface area contributed by atoms with Gasteiger partial charge in [0.25, 0.3) is 0 Å². The Morgan fingerprint density at radius 1 is 1.30 bits per heavy atom. The van der Waals surface area contributed by atoms with Crippen LogP contribution in [0.2, 0.25) is 0 Å². The summed E-state index contributed by atoms with van der Waals surface area (Å²) in [6.07, 6.45) is 0. The lowest BCUT2D eigenvalue weighted by atomic mass is 9.89. The van der Waals surface area contributed by atoms with Crippen LogP contribution in [-0.4, -0.2) is 54.8 Å².